The van der Waals surface area contributed by atoms with E-state index in [0.29, 0.717) is 12.8 Å². The molecule has 0 radical (unpaired) electrons. The van der Waals surface area contributed by atoms with Crippen molar-refractivity contribution in [3.63, 3.8) is 0 Å². The first-order chi connectivity index (χ1) is 8.84. The fourth-order valence-electron chi connectivity index (χ4n) is 2.13. The van der Waals surface area contributed by atoms with Gasteiger partial charge in [0, 0.05) is 31.6 Å². The monoisotopic (exact) mass is 306 g/mol. The lowest BCUT2D eigenvalue weighted by molar-refractivity contribution is -0.136. The molecule has 0 saturated heterocycles. The Bertz CT molecular complexity index is 430. The standard InChI is InChI=1S/C14H30N2O3S/c1-9-12(13(17)15(6)11(2)3)10-14(4,5)16(7)20(8,18)19/h11-12H,9-10H2,1-8H3. The summed E-state index contributed by atoms with van der Waals surface area (Å²) >= 11 is 0. The van der Waals surface area contributed by atoms with E-state index in [0.717, 1.165) is 0 Å². The molecule has 0 aromatic carbocycles. The van der Waals surface area contributed by atoms with Crippen molar-refractivity contribution >= 4 is 15.9 Å². The third-order valence-electron chi connectivity index (χ3n) is 4.06. The highest BCUT2D eigenvalue weighted by Gasteiger charge is 2.35. The number of carbonyl (C=O) groups is 1. The number of carbonyl (C=O) groups excluding carboxylic acids is 1. The molecule has 5 nitrogen and oxygen atoms in total. The van der Waals surface area contributed by atoms with Crippen molar-refractivity contribution in [2.75, 3.05) is 20.4 Å². The van der Waals surface area contributed by atoms with E-state index in [9.17, 15) is 13.2 Å². The highest BCUT2D eigenvalue weighted by Crippen LogP contribution is 2.27. The van der Waals surface area contributed by atoms with Gasteiger partial charge in [-0.15, -0.1) is 0 Å². The Hall–Kier alpha value is -0.620. The fourth-order valence-corrected chi connectivity index (χ4v) is 3.10. The zero-order valence-corrected chi connectivity index (χ0v) is 14.9. The molecule has 1 amide bonds. The second-order valence-corrected chi connectivity index (χ2v) is 8.41. The molecule has 120 valence electrons. The van der Waals surface area contributed by atoms with Crippen molar-refractivity contribution in [3.8, 4) is 0 Å². The van der Waals surface area contributed by atoms with Crippen LogP contribution in [-0.4, -0.2) is 55.5 Å². The summed E-state index contributed by atoms with van der Waals surface area (Å²) in [7, 11) is 0.0945. The minimum Gasteiger partial charge on any atom is -0.343 e. The minimum absolute atomic E-state index is 0.0810. The van der Waals surface area contributed by atoms with Crippen molar-refractivity contribution < 1.29 is 13.2 Å². The molecule has 0 aliphatic rings. The molecule has 1 atom stereocenters. The second kappa shape index (κ2) is 6.89. The largest absolute Gasteiger partial charge is 0.343 e. The van der Waals surface area contributed by atoms with E-state index in [1.165, 1.54) is 10.6 Å². The van der Waals surface area contributed by atoms with Crippen LogP contribution in [0.25, 0.3) is 0 Å². The summed E-state index contributed by atoms with van der Waals surface area (Å²) in [4.78, 5) is 14.2. The molecule has 0 rings (SSSR count). The summed E-state index contributed by atoms with van der Waals surface area (Å²) in [5.74, 6) is -0.0842. The first-order valence-corrected chi connectivity index (χ1v) is 8.90. The van der Waals surface area contributed by atoms with Crippen molar-refractivity contribution in [2.45, 2.75) is 59.0 Å². The molecule has 0 fully saturated rings. The second-order valence-electron chi connectivity index (χ2n) is 6.40. The Kier molecular flexibility index (Phi) is 6.68. The summed E-state index contributed by atoms with van der Waals surface area (Å²) in [6.07, 6.45) is 2.41. The van der Waals surface area contributed by atoms with Crippen LogP contribution < -0.4 is 0 Å². The lowest BCUT2D eigenvalue weighted by atomic mass is 9.88. The van der Waals surface area contributed by atoms with E-state index < -0.39 is 15.6 Å². The average Bonchev–Trinajstić information content (AvgIpc) is 2.31. The van der Waals surface area contributed by atoms with E-state index in [1.807, 2.05) is 34.6 Å². The molecule has 0 aromatic rings. The number of rotatable bonds is 7. The molecule has 0 aromatic heterocycles. The zero-order valence-electron chi connectivity index (χ0n) is 14.1. The summed E-state index contributed by atoms with van der Waals surface area (Å²) in [6, 6.07) is 0.146. The van der Waals surface area contributed by atoms with E-state index in [1.54, 1.807) is 19.0 Å². The lowest BCUT2D eigenvalue weighted by Gasteiger charge is -2.37. The summed E-state index contributed by atoms with van der Waals surface area (Å²) < 4.78 is 24.7. The topological polar surface area (TPSA) is 57.7 Å². The number of amides is 1. The molecule has 0 aliphatic carbocycles. The van der Waals surface area contributed by atoms with Crippen LogP contribution in [0, 0.1) is 5.92 Å². The maximum Gasteiger partial charge on any atom is 0.225 e. The van der Waals surface area contributed by atoms with Crippen LogP contribution in [0.1, 0.15) is 47.5 Å². The smallest absolute Gasteiger partial charge is 0.225 e. The van der Waals surface area contributed by atoms with Crippen molar-refractivity contribution in [2.24, 2.45) is 5.92 Å². The third-order valence-corrected chi connectivity index (χ3v) is 5.55. The van der Waals surface area contributed by atoms with Crippen LogP contribution in [0.3, 0.4) is 0 Å². The maximum absolute atomic E-state index is 12.4. The van der Waals surface area contributed by atoms with Crippen LogP contribution >= 0.6 is 0 Å². The summed E-state index contributed by atoms with van der Waals surface area (Å²) in [6.45, 7) is 9.63. The van der Waals surface area contributed by atoms with Gasteiger partial charge in [0.05, 0.1) is 6.26 Å². The summed E-state index contributed by atoms with van der Waals surface area (Å²) in [5, 5.41) is 0. The Morgan fingerprint density at radius 1 is 1.20 bits per heavy atom. The predicted octanol–water partition coefficient (Wildman–Crippen LogP) is 1.94. The van der Waals surface area contributed by atoms with E-state index in [2.05, 4.69) is 0 Å². The van der Waals surface area contributed by atoms with Crippen molar-refractivity contribution in [1.29, 1.82) is 0 Å². The van der Waals surface area contributed by atoms with E-state index in [-0.39, 0.29) is 17.9 Å². The Morgan fingerprint density at radius 3 is 1.95 bits per heavy atom. The van der Waals surface area contributed by atoms with Gasteiger partial charge in [0.15, 0.2) is 0 Å². The van der Waals surface area contributed by atoms with Gasteiger partial charge >= 0.3 is 0 Å². The third kappa shape index (κ3) is 5.05. The Labute approximate surface area is 124 Å². The first kappa shape index (κ1) is 19.4. The number of nitrogens with zero attached hydrogens (tertiary/aromatic N) is 2. The van der Waals surface area contributed by atoms with Gasteiger partial charge in [-0.05, 0) is 40.5 Å². The molecule has 0 heterocycles. The van der Waals surface area contributed by atoms with Gasteiger partial charge in [-0.3, -0.25) is 4.79 Å². The van der Waals surface area contributed by atoms with Gasteiger partial charge in [-0.2, -0.15) is 4.31 Å². The Balaban J connectivity index is 5.10. The first-order valence-electron chi connectivity index (χ1n) is 7.05. The summed E-state index contributed by atoms with van der Waals surface area (Å²) in [5.41, 5.74) is -0.582. The van der Waals surface area contributed by atoms with Gasteiger partial charge in [-0.1, -0.05) is 6.92 Å². The fraction of sp³-hybridized carbons (Fsp3) is 0.929. The molecule has 0 aliphatic heterocycles. The highest BCUT2D eigenvalue weighted by molar-refractivity contribution is 7.88. The normalized spacial score (nSPS) is 14.7. The van der Waals surface area contributed by atoms with Gasteiger partial charge in [-0.25, -0.2) is 8.42 Å². The Morgan fingerprint density at radius 2 is 1.65 bits per heavy atom. The number of hydrogen-bond acceptors (Lipinski definition) is 3. The molecule has 0 spiro atoms. The van der Waals surface area contributed by atoms with Gasteiger partial charge in [0.2, 0.25) is 15.9 Å². The van der Waals surface area contributed by atoms with Crippen LogP contribution in [0.5, 0.6) is 0 Å². The number of hydrogen-bond donors (Lipinski definition) is 0. The van der Waals surface area contributed by atoms with Crippen molar-refractivity contribution in [3.05, 3.63) is 0 Å². The lowest BCUT2D eigenvalue weighted by Crippen LogP contribution is -2.48. The minimum atomic E-state index is -3.27. The molecule has 0 bridgehead atoms. The van der Waals surface area contributed by atoms with Crippen LogP contribution in [0.2, 0.25) is 0 Å². The zero-order chi connectivity index (χ0) is 16.3. The molecular weight excluding hydrogens is 276 g/mol. The number of sulfonamides is 1. The molecule has 20 heavy (non-hydrogen) atoms. The molecule has 1 unspecified atom stereocenters. The predicted molar refractivity (Wildman–Crippen MR) is 83.0 cm³/mol. The van der Waals surface area contributed by atoms with Crippen molar-refractivity contribution in [1.82, 2.24) is 9.21 Å². The van der Waals surface area contributed by atoms with E-state index in [4.69, 9.17) is 0 Å². The van der Waals surface area contributed by atoms with Gasteiger partial charge in [0.25, 0.3) is 0 Å². The quantitative estimate of drug-likeness (QED) is 0.722. The molecule has 0 saturated carbocycles. The molecular formula is C14H30N2O3S. The van der Waals surface area contributed by atoms with Crippen LogP contribution in [0.4, 0.5) is 0 Å². The molecule has 0 N–H and O–H groups in total. The maximum atomic E-state index is 12.4. The van der Waals surface area contributed by atoms with Crippen LogP contribution in [-0.2, 0) is 14.8 Å². The van der Waals surface area contributed by atoms with Gasteiger partial charge < -0.3 is 4.90 Å². The average molecular weight is 306 g/mol. The highest BCUT2D eigenvalue weighted by atomic mass is 32.2. The van der Waals surface area contributed by atoms with Crippen LogP contribution in [0.15, 0.2) is 0 Å². The SMILES string of the molecule is CCC(CC(C)(C)N(C)S(C)(=O)=O)C(=O)N(C)C(C)C. The van der Waals surface area contributed by atoms with Gasteiger partial charge in [0.1, 0.15) is 0 Å². The molecule has 6 heteroatoms. The van der Waals surface area contributed by atoms with E-state index >= 15 is 0 Å².